The third-order valence-corrected chi connectivity index (χ3v) is 4.04. The fraction of sp³-hybridized carbons (Fsp3) is 0.812. The molecule has 0 radical (unpaired) electrons. The van der Waals surface area contributed by atoms with E-state index in [9.17, 15) is 4.79 Å². The van der Waals surface area contributed by atoms with E-state index in [0.29, 0.717) is 11.7 Å². The first kappa shape index (κ1) is 16.9. The van der Waals surface area contributed by atoms with Crippen molar-refractivity contribution < 1.29 is 14.1 Å². The van der Waals surface area contributed by atoms with E-state index in [2.05, 4.69) is 15.5 Å². The molecule has 1 saturated carbocycles. The minimum absolute atomic E-state index is 0.126. The van der Waals surface area contributed by atoms with Gasteiger partial charge in [-0.1, -0.05) is 30.8 Å². The Morgan fingerprint density at radius 3 is 2.55 bits per heavy atom. The van der Waals surface area contributed by atoms with Crippen LogP contribution in [0.4, 0.5) is 0 Å². The van der Waals surface area contributed by atoms with Crippen molar-refractivity contribution in [2.45, 2.75) is 84.0 Å². The molecule has 0 spiro atoms. The average molecular weight is 309 g/mol. The summed E-state index contributed by atoms with van der Waals surface area (Å²) in [6.07, 6.45) is 7.29. The second-order valence-corrected chi connectivity index (χ2v) is 6.65. The van der Waals surface area contributed by atoms with Crippen LogP contribution in [0.2, 0.25) is 0 Å². The summed E-state index contributed by atoms with van der Waals surface area (Å²) >= 11 is 0. The van der Waals surface area contributed by atoms with Crippen LogP contribution in [0.5, 0.6) is 0 Å². The molecule has 1 aliphatic carbocycles. The number of hydrogen-bond donors (Lipinski definition) is 1. The van der Waals surface area contributed by atoms with Crippen LogP contribution in [-0.2, 0) is 15.1 Å². The van der Waals surface area contributed by atoms with E-state index in [-0.39, 0.29) is 18.1 Å². The largest absolute Gasteiger partial charge is 0.365 e. The van der Waals surface area contributed by atoms with Gasteiger partial charge in [0, 0.05) is 6.92 Å². The summed E-state index contributed by atoms with van der Waals surface area (Å²) in [5.74, 6) is 0.811. The number of nitrogens with one attached hydrogen (secondary N) is 1. The van der Waals surface area contributed by atoms with E-state index in [1.807, 2.05) is 20.8 Å². The van der Waals surface area contributed by atoms with Gasteiger partial charge in [0.25, 0.3) is 5.89 Å². The maximum Gasteiger partial charge on any atom is 0.255 e. The Morgan fingerprint density at radius 1 is 1.32 bits per heavy atom. The Kier molecular flexibility index (Phi) is 5.56. The highest BCUT2D eigenvalue weighted by atomic mass is 16.5. The number of nitrogens with zero attached hydrogens (tertiary/aromatic N) is 2. The van der Waals surface area contributed by atoms with Crippen molar-refractivity contribution in [3.05, 3.63) is 11.7 Å². The lowest BCUT2D eigenvalue weighted by atomic mass is 10.1. The Hall–Kier alpha value is -1.43. The van der Waals surface area contributed by atoms with Gasteiger partial charge in [-0.05, 0) is 33.6 Å². The van der Waals surface area contributed by atoms with Gasteiger partial charge in [0.2, 0.25) is 5.91 Å². The molecule has 2 rings (SSSR count). The van der Waals surface area contributed by atoms with Gasteiger partial charge in [-0.3, -0.25) is 4.79 Å². The summed E-state index contributed by atoms with van der Waals surface area (Å²) in [6.45, 7) is 7.11. The number of amides is 1. The van der Waals surface area contributed by atoms with Gasteiger partial charge in [-0.25, -0.2) is 0 Å². The SMILES string of the molecule is CC(=O)NC(C)(C)c1noc([C@H](C)OC2CCCCCC2)n1. The summed E-state index contributed by atoms with van der Waals surface area (Å²) in [6, 6.07) is 0. The first-order valence-electron chi connectivity index (χ1n) is 8.17. The highest BCUT2D eigenvalue weighted by Crippen LogP contribution is 2.26. The second-order valence-electron chi connectivity index (χ2n) is 6.65. The smallest absolute Gasteiger partial charge is 0.255 e. The molecular formula is C16H27N3O3. The van der Waals surface area contributed by atoms with Crippen molar-refractivity contribution >= 4 is 5.91 Å². The quantitative estimate of drug-likeness (QED) is 0.845. The van der Waals surface area contributed by atoms with Crippen LogP contribution in [0.1, 0.15) is 84.0 Å². The van der Waals surface area contributed by atoms with Crippen LogP contribution in [0, 0.1) is 0 Å². The molecule has 1 heterocycles. The third-order valence-electron chi connectivity index (χ3n) is 4.04. The number of carbonyl (C=O) groups excluding carboxylic acids is 1. The minimum Gasteiger partial charge on any atom is -0.365 e. The van der Waals surface area contributed by atoms with E-state index >= 15 is 0 Å². The molecule has 0 aliphatic heterocycles. The molecule has 1 atom stereocenters. The number of hydrogen-bond acceptors (Lipinski definition) is 5. The zero-order valence-electron chi connectivity index (χ0n) is 14.0. The van der Waals surface area contributed by atoms with Gasteiger partial charge in [0.1, 0.15) is 6.10 Å². The maximum absolute atomic E-state index is 11.2. The molecule has 0 saturated heterocycles. The van der Waals surface area contributed by atoms with Crippen molar-refractivity contribution in [2.24, 2.45) is 0 Å². The lowest BCUT2D eigenvalue weighted by Crippen LogP contribution is -2.40. The van der Waals surface area contributed by atoms with Gasteiger partial charge in [-0.2, -0.15) is 4.98 Å². The summed E-state index contributed by atoms with van der Waals surface area (Å²) in [5, 5.41) is 6.81. The van der Waals surface area contributed by atoms with Crippen molar-refractivity contribution in [1.82, 2.24) is 15.5 Å². The molecule has 1 aromatic heterocycles. The van der Waals surface area contributed by atoms with Crippen molar-refractivity contribution in [2.75, 3.05) is 0 Å². The number of ether oxygens (including phenoxy) is 1. The van der Waals surface area contributed by atoms with E-state index in [0.717, 1.165) is 12.8 Å². The molecule has 1 N–H and O–H groups in total. The lowest BCUT2D eigenvalue weighted by Gasteiger charge is -2.21. The predicted octanol–water partition coefficient (Wildman–Crippen LogP) is 3.24. The Labute approximate surface area is 132 Å². The molecule has 0 aromatic carbocycles. The fourth-order valence-corrected chi connectivity index (χ4v) is 2.88. The highest BCUT2D eigenvalue weighted by molar-refractivity contribution is 5.73. The summed E-state index contributed by atoms with van der Waals surface area (Å²) in [4.78, 5) is 15.7. The normalized spacial score (nSPS) is 18.7. The van der Waals surface area contributed by atoms with Gasteiger partial charge < -0.3 is 14.6 Å². The van der Waals surface area contributed by atoms with E-state index < -0.39 is 5.54 Å². The molecule has 1 aliphatic rings. The van der Waals surface area contributed by atoms with Crippen LogP contribution < -0.4 is 5.32 Å². The summed E-state index contributed by atoms with van der Waals surface area (Å²) in [7, 11) is 0. The minimum atomic E-state index is -0.657. The molecule has 1 amide bonds. The van der Waals surface area contributed by atoms with Gasteiger partial charge in [0.15, 0.2) is 5.82 Å². The van der Waals surface area contributed by atoms with Crippen LogP contribution in [-0.4, -0.2) is 22.2 Å². The molecule has 6 nitrogen and oxygen atoms in total. The van der Waals surface area contributed by atoms with Crippen LogP contribution in [0.3, 0.4) is 0 Å². The van der Waals surface area contributed by atoms with Crippen molar-refractivity contribution in [3.63, 3.8) is 0 Å². The molecule has 1 fully saturated rings. The zero-order chi connectivity index (χ0) is 16.2. The first-order valence-corrected chi connectivity index (χ1v) is 8.17. The van der Waals surface area contributed by atoms with Gasteiger partial charge >= 0.3 is 0 Å². The Bertz CT molecular complexity index is 491. The van der Waals surface area contributed by atoms with Crippen LogP contribution in [0.15, 0.2) is 4.52 Å². The first-order chi connectivity index (χ1) is 10.4. The average Bonchev–Trinajstić information content (AvgIpc) is 2.79. The maximum atomic E-state index is 11.2. The monoisotopic (exact) mass is 309 g/mol. The summed E-state index contributed by atoms with van der Waals surface area (Å²) < 4.78 is 11.4. The summed E-state index contributed by atoms with van der Waals surface area (Å²) in [5.41, 5.74) is -0.657. The molecular weight excluding hydrogens is 282 g/mol. The van der Waals surface area contributed by atoms with Crippen molar-refractivity contribution in [3.8, 4) is 0 Å². The molecule has 22 heavy (non-hydrogen) atoms. The highest BCUT2D eigenvalue weighted by Gasteiger charge is 2.29. The predicted molar refractivity (Wildman–Crippen MR) is 82.1 cm³/mol. The lowest BCUT2D eigenvalue weighted by molar-refractivity contribution is -0.120. The second kappa shape index (κ2) is 7.22. The Balaban J connectivity index is 1.99. The number of rotatable bonds is 5. The fourth-order valence-electron chi connectivity index (χ4n) is 2.88. The molecule has 1 aromatic rings. The molecule has 0 bridgehead atoms. The van der Waals surface area contributed by atoms with Crippen LogP contribution >= 0.6 is 0 Å². The standard InChI is InChI=1S/C16H27N3O3/c1-11(21-13-9-7-5-6-8-10-13)14-17-15(19-22-14)16(3,4)18-12(2)20/h11,13H,5-10H2,1-4H3,(H,18,20)/t11-/m0/s1. The Morgan fingerprint density at radius 2 is 1.95 bits per heavy atom. The number of aromatic nitrogens is 2. The zero-order valence-corrected chi connectivity index (χ0v) is 14.0. The molecule has 124 valence electrons. The van der Waals surface area contributed by atoms with Crippen molar-refractivity contribution in [1.29, 1.82) is 0 Å². The molecule has 6 heteroatoms. The van der Waals surface area contributed by atoms with E-state index in [4.69, 9.17) is 9.26 Å². The third kappa shape index (κ3) is 4.53. The number of carbonyl (C=O) groups is 1. The molecule has 0 unspecified atom stereocenters. The van der Waals surface area contributed by atoms with Gasteiger partial charge in [-0.15, -0.1) is 0 Å². The van der Waals surface area contributed by atoms with Crippen LogP contribution in [0.25, 0.3) is 0 Å². The van der Waals surface area contributed by atoms with E-state index in [1.165, 1.54) is 32.6 Å². The topological polar surface area (TPSA) is 77.2 Å². The van der Waals surface area contributed by atoms with Gasteiger partial charge in [0.05, 0.1) is 11.6 Å². The van der Waals surface area contributed by atoms with E-state index in [1.54, 1.807) is 0 Å².